The molecule has 1 aliphatic rings. The number of nitrogens with zero attached hydrogens (tertiary/aromatic N) is 2. The second-order valence-electron chi connectivity index (χ2n) is 4.92. The molecule has 5 nitrogen and oxygen atoms in total. The van der Waals surface area contributed by atoms with Crippen LogP contribution in [0.2, 0.25) is 0 Å². The van der Waals surface area contributed by atoms with Crippen LogP contribution in [0.4, 0.5) is 0 Å². The molecule has 17 heavy (non-hydrogen) atoms. The molecule has 0 aromatic carbocycles. The average molecular weight is 242 g/mol. The molecule has 0 bridgehead atoms. The van der Waals surface area contributed by atoms with E-state index >= 15 is 0 Å². The third-order valence-corrected chi connectivity index (χ3v) is 3.04. The summed E-state index contributed by atoms with van der Waals surface area (Å²) in [6.07, 6.45) is -0.0952. The van der Waals surface area contributed by atoms with E-state index in [9.17, 15) is 9.59 Å². The normalized spacial score (nSPS) is 22.2. The van der Waals surface area contributed by atoms with Crippen LogP contribution >= 0.6 is 0 Å². The fraction of sp³-hybridized carbons (Fsp3) is 0.833. The van der Waals surface area contributed by atoms with Gasteiger partial charge in [0.25, 0.3) is 0 Å². The lowest BCUT2D eigenvalue weighted by Gasteiger charge is -2.40. The number of hydrogen-bond donors (Lipinski definition) is 1. The number of likely N-dealkylation sites (N-methyl/N-ethyl adjacent to an activating group) is 1. The van der Waals surface area contributed by atoms with Crippen molar-refractivity contribution in [1.82, 2.24) is 9.80 Å². The van der Waals surface area contributed by atoms with Gasteiger partial charge in [-0.3, -0.25) is 14.5 Å². The Hall–Kier alpha value is -1.10. The first-order valence-corrected chi connectivity index (χ1v) is 6.20. The van der Waals surface area contributed by atoms with E-state index in [2.05, 4.69) is 13.8 Å². The van der Waals surface area contributed by atoms with Crippen LogP contribution in [0.5, 0.6) is 0 Å². The van der Waals surface area contributed by atoms with E-state index in [1.165, 1.54) is 0 Å². The third-order valence-electron chi connectivity index (χ3n) is 3.04. The van der Waals surface area contributed by atoms with Crippen LogP contribution in [0, 0.1) is 5.92 Å². The number of aliphatic carboxylic acids is 1. The van der Waals surface area contributed by atoms with Gasteiger partial charge in [0.1, 0.15) is 0 Å². The molecular weight excluding hydrogens is 220 g/mol. The maximum Gasteiger partial charge on any atom is 0.305 e. The van der Waals surface area contributed by atoms with Crippen molar-refractivity contribution in [3.8, 4) is 0 Å². The highest BCUT2D eigenvalue weighted by atomic mass is 16.4. The number of rotatable bonds is 5. The molecule has 0 radical (unpaired) electrons. The highest BCUT2D eigenvalue weighted by molar-refractivity contribution is 5.86. The minimum atomic E-state index is -0.907. The first-order valence-electron chi connectivity index (χ1n) is 6.20. The zero-order valence-electron chi connectivity index (χ0n) is 10.8. The Kier molecular flexibility index (Phi) is 4.93. The fourth-order valence-electron chi connectivity index (χ4n) is 2.27. The highest BCUT2D eigenvalue weighted by Gasteiger charge is 2.35. The molecular formula is C12H22N2O3. The summed E-state index contributed by atoms with van der Waals surface area (Å²) in [6, 6.07) is -0.483. The number of piperazine rings is 1. The summed E-state index contributed by atoms with van der Waals surface area (Å²) in [5.41, 5.74) is 0. The Bertz CT molecular complexity index is 291. The van der Waals surface area contributed by atoms with Gasteiger partial charge in [0.05, 0.1) is 12.5 Å². The molecule has 1 amide bonds. The van der Waals surface area contributed by atoms with Crippen molar-refractivity contribution in [3.05, 3.63) is 0 Å². The van der Waals surface area contributed by atoms with Gasteiger partial charge in [-0.25, -0.2) is 0 Å². The van der Waals surface area contributed by atoms with Gasteiger partial charge < -0.3 is 10.0 Å². The predicted octanol–water partition coefficient (Wildman–Crippen LogP) is 0.650. The summed E-state index contributed by atoms with van der Waals surface area (Å²) in [5.74, 6) is -0.510. The molecule has 1 atom stereocenters. The summed E-state index contributed by atoms with van der Waals surface area (Å²) >= 11 is 0. The van der Waals surface area contributed by atoms with Crippen LogP contribution < -0.4 is 0 Å². The topological polar surface area (TPSA) is 60.9 Å². The molecule has 1 fully saturated rings. The van der Waals surface area contributed by atoms with Crippen LogP contribution in [0.1, 0.15) is 27.2 Å². The highest BCUT2D eigenvalue weighted by Crippen LogP contribution is 2.16. The fourth-order valence-corrected chi connectivity index (χ4v) is 2.27. The lowest BCUT2D eigenvalue weighted by molar-refractivity contribution is -0.149. The van der Waals surface area contributed by atoms with E-state index in [4.69, 9.17) is 5.11 Å². The standard InChI is InChI=1S/C12H22N2O3/c1-4-13-5-6-14(8-9(2)3)10(12(13)17)7-11(15)16/h9-10H,4-8H2,1-3H3,(H,15,16). The molecule has 1 aliphatic heterocycles. The van der Waals surface area contributed by atoms with Gasteiger partial charge in [0.2, 0.25) is 5.91 Å². The number of carboxylic acids is 1. The molecule has 0 aliphatic carbocycles. The molecule has 5 heteroatoms. The second-order valence-corrected chi connectivity index (χ2v) is 4.92. The zero-order valence-corrected chi connectivity index (χ0v) is 10.8. The monoisotopic (exact) mass is 242 g/mol. The average Bonchev–Trinajstić information content (AvgIpc) is 2.22. The maximum atomic E-state index is 12.1. The number of carbonyl (C=O) groups is 2. The maximum absolute atomic E-state index is 12.1. The van der Waals surface area contributed by atoms with Crippen LogP contribution in [0.3, 0.4) is 0 Å². The number of hydrogen-bond acceptors (Lipinski definition) is 3. The number of carboxylic acid groups (broad SMARTS) is 1. The number of amides is 1. The zero-order chi connectivity index (χ0) is 13.0. The third kappa shape index (κ3) is 3.70. The van der Waals surface area contributed by atoms with Gasteiger partial charge in [-0.1, -0.05) is 13.8 Å². The lowest BCUT2D eigenvalue weighted by Crippen LogP contribution is -2.58. The van der Waals surface area contributed by atoms with E-state index in [-0.39, 0.29) is 12.3 Å². The summed E-state index contributed by atoms with van der Waals surface area (Å²) in [6.45, 7) is 9.00. The minimum Gasteiger partial charge on any atom is -0.481 e. The quantitative estimate of drug-likeness (QED) is 0.769. The smallest absolute Gasteiger partial charge is 0.305 e. The molecule has 1 saturated heterocycles. The van der Waals surface area contributed by atoms with E-state index < -0.39 is 12.0 Å². The van der Waals surface area contributed by atoms with Crippen molar-refractivity contribution >= 4 is 11.9 Å². The van der Waals surface area contributed by atoms with Crippen molar-refractivity contribution in [2.45, 2.75) is 33.2 Å². The van der Waals surface area contributed by atoms with Crippen LogP contribution in [-0.4, -0.2) is 59.0 Å². The van der Waals surface area contributed by atoms with Gasteiger partial charge >= 0.3 is 5.97 Å². The van der Waals surface area contributed by atoms with E-state index in [0.717, 1.165) is 13.1 Å². The Morgan fingerprint density at radius 2 is 2.12 bits per heavy atom. The largest absolute Gasteiger partial charge is 0.481 e. The first-order chi connectivity index (χ1) is 7.95. The summed E-state index contributed by atoms with van der Waals surface area (Å²) in [5, 5.41) is 8.90. The van der Waals surface area contributed by atoms with Crippen molar-refractivity contribution in [2.75, 3.05) is 26.2 Å². The SMILES string of the molecule is CCN1CCN(CC(C)C)C(CC(=O)O)C1=O. The van der Waals surface area contributed by atoms with E-state index in [0.29, 0.717) is 19.0 Å². The Labute approximate surface area is 102 Å². The molecule has 1 heterocycles. The van der Waals surface area contributed by atoms with E-state index in [1.807, 2.05) is 11.8 Å². The van der Waals surface area contributed by atoms with Crippen molar-refractivity contribution < 1.29 is 14.7 Å². The molecule has 1 N–H and O–H groups in total. The second kappa shape index (κ2) is 6.00. The summed E-state index contributed by atoms with van der Waals surface area (Å²) in [4.78, 5) is 26.7. The van der Waals surface area contributed by atoms with Crippen LogP contribution in [-0.2, 0) is 9.59 Å². The van der Waals surface area contributed by atoms with Crippen molar-refractivity contribution in [2.24, 2.45) is 5.92 Å². The molecule has 0 spiro atoms. The molecule has 0 aromatic heterocycles. The predicted molar refractivity (Wildman–Crippen MR) is 64.7 cm³/mol. The summed E-state index contributed by atoms with van der Waals surface area (Å²) < 4.78 is 0. The lowest BCUT2D eigenvalue weighted by atomic mass is 10.0. The molecule has 0 aromatic rings. The molecule has 0 saturated carbocycles. The van der Waals surface area contributed by atoms with Crippen LogP contribution in [0.25, 0.3) is 0 Å². The Morgan fingerprint density at radius 3 is 2.59 bits per heavy atom. The van der Waals surface area contributed by atoms with Gasteiger partial charge in [0.15, 0.2) is 0 Å². The van der Waals surface area contributed by atoms with E-state index in [1.54, 1.807) is 4.90 Å². The van der Waals surface area contributed by atoms with Gasteiger partial charge in [0, 0.05) is 26.2 Å². The first kappa shape index (κ1) is 14.0. The molecule has 1 rings (SSSR count). The van der Waals surface area contributed by atoms with Gasteiger partial charge in [-0.15, -0.1) is 0 Å². The molecule has 98 valence electrons. The Morgan fingerprint density at radius 1 is 1.47 bits per heavy atom. The van der Waals surface area contributed by atoms with Crippen molar-refractivity contribution in [3.63, 3.8) is 0 Å². The Balaban J connectivity index is 2.76. The summed E-state index contributed by atoms with van der Waals surface area (Å²) in [7, 11) is 0. The van der Waals surface area contributed by atoms with Gasteiger partial charge in [-0.05, 0) is 12.8 Å². The molecule has 1 unspecified atom stereocenters. The van der Waals surface area contributed by atoms with Gasteiger partial charge in [-0.2, -0.15) is 0 Å². The number of carbonyl (C=O) groups excluding carboxylic acids is 1. The van der Waals surface area contributed by atoms with Crippen LogP contribution in [0.15, 0.2) is 0 Å². The minimum absolute atomic E-state index is 0.0400. The van der Waals surface area contributed by atoms with Crippen molar-refractivity contribution in [1.29, 1.82) is 0 Å².